The van der Waals surface area contributed by atoms with Crippen LogP contribution in [0.5, 0.6) is 5.75 Å². The summed E-state index contributed by atoms with van der Waals surface area (Å²) in [6.07, 6.45) is 0. The monoisotopic (exact) mass is 223 g/mol. The van der Waals surface area contributed by atoms with Gasteiger partial charge in [0.2, 0.25) is 0 Å². The Morgan fingerprint density at radius 1 is 1.31 bits per heavy atom. The van der Waals surface area contributed by atoms with E-state index in [9.17, 15) is 15.2 Å². The van der Waals surface area contributed by atoms with Crippen LogP contribution in [0.2, 0.25) is 0 Å². The first-order chi connectivity index (χ1) is 7.66. The Hall–Kier alpha value is -1.82. The van der Waals surface area contributed by atoms with Gasteiger partial charge >= 0.3 is 0 Å². The zero-order chi connectivity index (χ0) is 11.5. The van der Waals surface area contributed by atoms with Crippen LogP contribution in [0.25, 0.3) is 0 Å². The quantitative estimate of drug-likeness (QED) is 0.570. The molecule has 0 atom stereocenters. The van der Waals surface area contributed by atoms with Gasteiger partial charge < -0.3 is 15.3 Å². The second-order valence-electron chi connectivity index (χ2n) is 3.70. The lowest BCUT2D eigenvalue weighted by Gasteiger charge is -2.29. The molecule has 1 aliphatic rings. The molecule has 16 heavy (non-hydrogen) atoms. The van der Waals surface area contributed by atoms with Crippen molar-refractivity contribution in [3.63, 3.8) is 0 Å². The third kappa shape index (κ3) is 2.22. The number of piperazine rings is 1. The van der Waals surface area contributed by atoms with Gasteiger partial charge in [0.15, 0.2) is 0 Å². The van der Waals surface area contributed by atoms with Gasteiger partial charge in [-0.3, -0.25) is 10.1 Å². The lowest BCUT2D eigenvalue weighted by Crippen LogP contribution is -2.43. The Morgan fingerprint density at radius 3 is 2.62 bits per heavy atom. The minimum atomic E-state index is -0.495. The number of nitrogens with one attached hydrogen (secondary N) is 1. The molecular weight excluding hydrogens is 210 g/mol. The molecule has 1 saturated heterocycles. The zero-order valence-corrected chi connectivity index (χ0v) is 8.72. The van der Waals surface area contributed by atoms with Crippen molar-refractivity contribution in [2.45, 2.75) is 0 Å². The molecule has 0 spiro atoms. The summed E-state index contributed by atoms with van der Waals surface area (Å²) in [6, 6.07) is 4.20. The van der Waals surface area contributed by atoms with E-state index in [2.05, 4.69) is 5.32 Å². The molecule has 1 fully saturated rings. The number of hydrogen-bond acceptors (Lipinski definition) is 5. The number of nitro benzene ring substituents is 1. The van der Waals surface area contributed by atoms with E-state index in [4.69, 9.17) is 0 Å². The van der Waals surface area contributed by atoms with Gasteiger partial charge in [-0.1, -0.05) is 0 Å². The van der Waals surface area contributed by atoms with E-state index >= 15 is 0 Å². The summed E-state index contributed by atoms with van der Waals surface area (Å²) in [7, 11) is 0. The molecular formula is C10H13N3O3. The number of non-ortho nitro benzene ring substituents is 1. The van der Waals surface area contributed by atoms with Crippen molar-refractivity contribution in [1.29, 1.82) is 0 Å². The third-order valence-corrected chi connectivity index (χ3v) is 2.58. The van der Waals surface area contributed by atoms with E-state index in [1.54, 1.807) is 6.07 Å². The summed E-state index contributed by atoms with van der Waals surface area (Å²) in [5.74, 6) is -0.0669. The van der Waals surface area contributed by atoms with Crippen LogP contribution in [0.3, 0.4) is 0 Å². The highest BCUT2D eigenvalue weighted by Gasteiger charge is 2.15. The van der Waals surface area contributed by atoms with Gasteiger partial charge in [-0.2, -0.15) is 0 Å². The van der Waals surface area contributed by atoms with E-state index in [1.165, 1.54) is 6.07 Å². The summed E-state index contributed by atoms with van der Waals surface area (Å²) < 4.78 is 0. The highest BCUT2D eigenvalue weighted by Crippen LogP contribution is 2.27. The number of rotatable bonds is 2. The largest absolute Gasteiger partial charge is 0.508 e. The highest BCUT2D eigenvalue weighted by molar-refractivity contribution is 5.57. The van der Waals surface area contributed by atoms with Crippen molar-refractivity contribution >= 4 is 11.4 Å². The fraction of sp³-hybridized carbons (Fsp3) is 0.400. The molecule has 86 valence electrons. The van der Waals surface area contributed by atoms with Crippen LogP contribution in [0.15, 0.2) is 18.2 Å². The van der Waals surface area contributed by atoms with Crippen molar-refractivity contribution in [3.05, 3.63) is 28.3 Å². The molecule has 2 rings (SSSR count). The molecule has 6 nitrogen and oxygen atoms in total. The van der Waals surface area contributed by atoms with Gasteiger partial charge in [0.25, 0.3) is 5.69 Å². The van der Waals surface area contributed by atoms with Crippen molar-refractivity contribution in [2.24, 2.45) is 0 Å². The molecule has 0 amide bonds. The third-order valence-electron chi connectivity index (χ3n) is 2.58. The van der Waals surface area contributed by atoms with Crippen LogP contribution in [0.4, 0.5) is 11.4 Å². The molecule has 6 heteroatoms. The maximum absolute atomic E-state index is 10.7. The Labute approximate surface area is 92.6 Å². The molecule has 0 radical (unpaired) electrons. The first kappa shape index (κ1) is 10.7. The van der Waals surface area contributed by atoms with E-state index in [0.29, 0.717) is 5.69 Å². The molecule has 2 N–H and O–H groups in total. The van der Waals surface area contributed by atoms with Crippen LogP contribution in [-0.2, 0) is 0 Å². The number of aromatic hydroxyl groups is 1. The Morgan fingerprint density at radius 2 is 2.00 bits per heavy atom. The summed E-state index contributed by atoms with van der Waals surface area (Å²) in [4.78, 5) is 12.2. The number of hydrogen-bond donors (Lipinski definition) is 2. The Kier molecular flexibility index (Phi) is 2.91. The van der Waals surface area contributed by atoms with E-state index < -0.39 is 4.92 Å². The van der Waals surface area contributed by atoms with Crippen LogP contribution in [0, 0.1) is 10.1 Å². The van der Waals surface area contributed by atoms with Gasteiger partial charge in [0.1, 0.15) is 5.75 Å². The molecule has 1 heterocycles. The van der Waals surface area contributed by atoms with Crippen LogP contribution in [0.1, 0.15) is 0 Å². The maximum atomic E-state index is 10.7. The Bertz CT molecular complexity index is 402. The van der Waals surface area contributed by atoms with E-state index in [-0.39, 0.29) is 11.4 Å². The minimum Gasteiger partial charge on any atom is -0.508 e. The van der Waals surface area contributed by atoms with E-state index in [1.807, 2.05) is 4.90 Å². The van der Waals surface area contributed by atoms with Crippen molar-refractivity contribution < 1.29 is 10.0 Å². The number of phenols is 1. The predicted octanol–water partition coefficient (Wildman–Crippen LogP) is 0.710. The van der Waals surface area contributed by atoms with Crippen LogP contribution < -0.4 is 10.2 Å². The standard InChI is InChI=1S/C10H13N3O3/c14-10-6-8(5-9(7-10)13(15)16)12-3-1-11-2-4-12/h5-7,11,14H,1-4H2. The average Bonchev–Trinajstić information content (AvgIpc) is 2.29. The zero-order valence-electron chi connectivity index (χ0n) is 8.72. The lowest BCUT2D eigenvalue weighted by atomic mass is 10.2. The summed E-state index contributed by atoms with van der Waals surface area (Å²) in [6.45, 7) is 3.29. The predicted molar refractivity (Wildman–Crippen MR) is 59.8 cm³/mol. The molecule has 0 bridgehead atoms. The van der Waals surface area contributed by atoms with Crippen molar-refractivity contribution in [3.8, 4) is 5.75 Å². The summed E-state index contributed by atoms with van der Waals surface area (Å²) >= 11 is 0. The lowest BCUT2D eigenvalue weighted by molar-refractivity contribution is -0.384. The minimum absolute atomic E-state index is 0.0669. The van der Waals surface area contributed by atoms with Crippen LogP contribution >= 0.6 is 0 Å². The fourth-order valence-electron chi connectivity index (χ4n) is 1.79. The molecule has 1 aromatic carbocycles. The van der Waals surface area contributed by atoms with Gasteiger partial charge in [-0.05, 0) is 0 Å². The molecule has 0 aliphatic carbocycles. The normalized spacial score (nSPS) is 16.1. The number of phenolic OH excluding ortho intramolecular Hbond substituents is 1. The molecule has 1 aliphatic heterocycles. The highest BCUT2D eigenvalue weighted by atomic mass is 16.6. The smallest absolute Gasteiger partial charge is 0.275 e. The second-order valence-corrected chi connectivity index (χ2v) is 3.70. The van der Waals surface area contributed by atoms with Gasteiger partial charge in [0.05, 0.1) is 11.0 Å². The number of anilines is 1. The van der Waals surface area contributed by atoms with Crippen LogP contribution in [-0.4, -0.2) is 36.2 Å². The van der Waals surface area contributed by atoms with Crippen molar-refractivity contribution in [2.75, 3.05) is 31.1 Å². The number of benzene rings is 1. The fourth-order valence-corrected chi connectivity index (χ4v) is 1.79. The summed E-state index contributed by atoms with van der Waals surface area (Å²) in [5.41, 5.74) is 0.627. The maximum Gasteiger partial charge on any atom is 0.275 e. The molecule has 0 saturated carbocycles. The topological polar surface area (TPSA) is 78.6 Å². The van der Waals surface area contributed by atoms with Gasteiger partial charge in [-0.25, -0.2) is 0 Å². The number of nitrogens with zero attached hydrogens (tertiary/aromatic N) is 2. The molecule has 1 aromatic rings. The summed E-state index contributed by atoms with van der Waals surface area (Å²) in [5, 5.41) is 23.3. The van der Waals surface area contributed by atoms with Gasteiger partial charge in [0, 0.05) is 44.0 Å². The molecule has 0 aromatic heterocycles. The second kappa shape index (κ2) is 4.36. The van der Waals surface area contributed by atoms with Crippen molar-refractivity contribution in [1.82, 2.24) is 5.32 Å². The van der Waals surface area contributed by atoms with Gasteiger partial charge in [-0.15, -0.1) is 0 Å². The average molecular weight is 223 g/mol. The number of nitro groups is 1. The first-order valence-electron chi connectivity index (χ1n) is 5.11. The first-order valence-corrected chi connectivity index (χ1v) is 5.11. The molecule has 0 unspecified atom stereocenters. The van der Waals surface area contributed by atoms with E-state index in [0.717, 1.165) is 32.2 Å². The Balaban J connectivity index is 2.28. The SMILES string of the molecule is O=[N+]([O-])c1cc(O)cc(N2CCNCC2)c1.